The molecule has 3 N–H and O–H groups in total. The van der Waals surface area contributed by atoms with Gasteiger partial charge in [0.1, 0.15) is 5.69 Å². The van der Waals surface area contributed by atoms with E-state index in [9.17, 15) is 9.59 Å². The van der Waals surface area contributed by atoms with Gasteiger partial charge >= 0.3 is 5.97 Å². The number of carbonyl (C=O) groups excluding carboxylic acids is 2. The quantitative estimate of drug-likeness (QED) is 0.462. The number of hydrogen-bond donors (Lipinski definition) is 2. The zero-order valence-electron chi connectivity index (χ0n) is 15.4. The van der Waals surface area contributed by atoms with Crippen molar-refractivity contribution < 1.29 is 14.3 Å². The molecule has 28 heavy (non-hydrogen) atoms. The molecule has 0 unspecified atom stereocenters. The number of nitrogens with zero attached hydrogens (tertiary/aromatic N) is 5. The van der Waals surface area contributed by atoms with Crippen LogP contribution in [0.2, 0.25) is 0 Å². The van der Waals surface area contributed by atoms with Crippen molar-refractivity contribution in [2.45, 2.75) is 6.54 Å². The van der Waals surface area contributed by atoms with Crippen LogP contribution >= 0.6 is 0 Å². The van der Waals surface area contributed by atoms with Gasteiger partial charge in [0.2, 0.25) is 6.41 Å². The molecule has 0 aliphatic heterocycles. The van der Waals surface area contributed by atoms with Gasteiger partial charge in [0.05, 0.1) is 19.2 Å². The van der Waals surface area contributed by atoms with Crippen molar-refractivity contribution in [3.63, 3.8) is 0 Å². The first kappa shape index (κ1) is 18.8. The number of carbonyl (C=O) groups is 2. The average molecular weight is 381 g/mol. The standard InChI is InChI=1S/C18H19N7O3/c1-20-14-15(19)22-18(25-8-4-7-21-25)23-16(14)24(11-26)10-12-5-3-6-13(9-12)17(27)28-2/h3-9,11,20H,10H2,1-2H3,(H2,19,22,23). The Hall–Kier alpha value is -3.95. The minimum atomic E-state index is -0.456. The number of methoxy groups -OCH3 is 1. The summed E-state index contributed by atoms with van der Waals surface area (Å²) in [5.41, 5.74) is 7.56. The van der Waals surface area contributed by atoms with Crippen molar-refractivity contribution in [1.29, 1.82) is 0 Å². The number of benzene rings is 1. The van der Waals surface area contributed by atoms with Crippen LogP contribution in [0.15, 0.2) is 42.7 Å². The molecule has 0 aliphatic carbocycles. The van der Waals surface area contributed by atoms with E-state index >= 15 is 0 Å². The maximum atomic E-state index is 11.8. The Morgan fingerprint density at radius 1 is 1.36 bits per heavy atom. The van der Waals surface area contributed by atoms with Crippen LogP contribution in [0.3, 0.4) is 0 Å². The van der Waals surface area contributed by atoms with Gasteiger partial charge in [-0.1, -0.05) is 12.1 Å². The molecule has 1 aromatic carbocycles. The zero-order chi connectivity index (χ0) is 20.1. The van der Waals surface area contributed by atoms with Crippen molar-refractivity contribution in [3.05, 3.63) is 53.9 Å². The second-order valence-corrected chi connectivity index (χ2v) is 5.73. The van der Waals surface area contributed by atoms with E-state index < -0.39 is 5.97 Å². The largest absolute Gasteiger partial charge is 0.465 e. The van der Waals surface area contributed by atoms with E-state index in [1.165, 1.54) is 16.7 Å². The molecule has 1 amide bonds. The van der Waals surface area contributed by atoms with Crippen LogP contribution in [0.4, 0.5) is 17.3 Å². The van der Waals surface area contributed by atoms with Crippen molar-refractivity contribution in [1.82, 2.24) is 19.7 Å². The van der Waals surface area contributed by atoms with E-state index in [0.717, 1.165) is 5.56 Å². The fraction of sp³-hybridized carbons (Fsp3) is 0.167. The summed E-state index contributed by atoms with van der Waals surface area (Å²) in [5, 5.41) is 7.01. The van der Waals surface area contributed by atoms with Crippen molar-refractivity contribution in [3.8, 4) is 5.95 Å². The molecule has 0 atom stereocenters. The van der Waals surface area contributed by atoms with Crippen molar-refractivity contribution in [2.24, 2.45) is 0 Å². The fourth-order valence-electron chi connectivity index (χ4n) is 2.66. The third-order valence-electron chi connectivity index (χ3n) is 3.97. The SMILES string of the molecule is CNc1c(N)nc(-n2cccn2)nc1N(C=O)Cc1cccc(C(=O)OC)c1. The molecular formula is C18H19N7O3. The summed E-state index contributed by atoms with van der Waals surface area (Å²) in [6, 6.07) is 8.52. The number of nitrogens with one attached hydrogen (secondary N) is 1. The average Bonchev–Trinajstić information content (AvgIpc) is 3.26. The number of nitrogen functional groups attached to an aromatic ring is 1. The predicted molar refractivity (Wildman–Crippen MR) is 103 cm³/mol. The molecular weight excluding hydrogens is 362 g/mol. The molecule has 2 heterocycles. The van der Waals surface area contributed by atoms with Gasteiger partial charge in [0, 0.05) is 19.4 Å². The number of esters is 1. The predicted octanol–water partition coefficient (Wildman–Crippen LogP) is 1.24. The second-order valence-electron chi connectivity index (χ2n) is 5.73. The van der Waals surface area contributed by atoms with E-state index in [0.29, 0.717) is 23.5 Å². The van der Waals surface area contributed by atoms with Gasteiger partial charge in [0.15, 0.2) is 11.6 Å². The number of amides is 1. The summed E-state index contributed by atoms with van der Waals surface area (Å²) in [6.07, 6.45) is 3.89. The monoisotopic (exact) mass is 381 g/mol. The number of aromatic nitrogens is 4. The lowest BCUT2D eigenvalue weighted by Crippen LogP contribution is -2.24. The molecule has 0 saturated heterocycles. The summed E-state index contributed by atoms with van der Waals surface area (Å²) in [4.78, 5) is 33.6. The molecule has 0 fully saturated rings. The second kappa shape index (κ2) is 8.16. The number of anilines is 3. The molecule has 0 aliphatic rings. The summed E-state index contributed by atoms with van der Waals surface area (Å²) >= 11 is 0. The highest BCUT2D eigenvalue weighted by atomic mass is 16.5. The molecule has 3 rings (SSSR count). The van der Waals surface area contributed by atoms with Gasteiger partial charge < -0.3 is 15.8 Å². The molecule has 0 saturated carbocycles. The molecule has 10 nitrogen and oxygen atoms in total. The molecule has 0 radical (unpaired) electrons. The van der Waals surface area contributed by atoms with Gasteiger partial charge in [0.25, 0.3) is 5.95 Å². The highest BCUT2D eigenvalue weighted by Gasteiger charge is 2.19. The maximum absolute atomic E-state index is 11.8. The topological polar surface area (TPSA) is 128 Å². The summed E-state index contributed by atoms with van der Waals surface area (Å²) < 4.78 is 6.18. The van der Waals surface area contributed by atoms with E-state index in [1.54, 1.807) is 49.8 Å². The van der Waals surface area contributed by atoms with E-state index in [1.807, 2.05) is 0 Å². The van der Waals surface area contributed by atoms with Crippen LogP contribution < -0.4 is 16.0 Å². The fourth-order valence-corrected chi connectivity index (χ4v) is 2.66. The van der Waals surface area contributed by atoms with Crippen LogP contribution in [0.25, 0.3) is 5.95 Å². The Balaban J connectivity index is 2.00. The lowest BCUT2D eigenvalue weighted by Gasteiger charge is -2.21. The first-order valence-corrected chi connectivity index (χ1v) is 8.31. The molecule has 0 bridgehead atoms. The highest BCUT2D eigenvalue weighted by Crippen LogP contribution is 2.29. The molecule has 144 valence electrons. The Morgan fingerprint density at radius 3 is 2.82 bits per heavy atom. The third-order valence-corrected chi connectivity index (χ3v) is 3.97. The first-order chi connectivity index (χ1) is 13.6. The Kier molecular flexibility index (Phi) is 5.49. The Bertz CT molecular complexity index is 989. The highest BCUT2D eigenvalue weighted by molar-refractivity contribution is 5.90. The minimum absolute atomic E-state index is 0.165. The third kappa shape index (κ3) is 3.75. The minimum Gasteiger partial charge on any atom is -0.465 e. The number of nitrogens with two attached hydrogens (primary N) is 1. The van der Waals surface area contributed by atoms with Crippen molar-refractivity contribution in [2.75, 3.05) is 30.1 Å². The van der Waals surface area contributed by atoms with Gasteiger partial charge in [-0.15, -0.1) is 0 Å². The van der Waals surface area contributed by atoms with E-state index in [-0.39, 0.29) is 18.3 Å². The summed E-state index contributed by atoms with van der Waals surface area (Å²) in [5.74, 6) is 0.237. The zero-order valence-corrected chi connectivity index (χ0v) is 15.4. The maximum Gasteiger partial charge on any atom is 0.337 e. The summed E-state index contributed by atoms with van der Waals surface area (Å²) in [6.45, 7) is 0.165. The number of hydrogen-bond acceptors (Lipinski definition) is 8. The lowest BCUT2D eigenvalue weighted by atomic mass is 10.1. The van der Waals surface area contributed by atoms with Crippen molar-refractivity contribution >= 4 is 29.7 Å². The molecule has 3 aromatic rings. The smallest absolute Gasteiger partial charge is 0.337 e. The van der Waals surface area contributed by atoms with Crippen LogP contribution in [-0.4, -0.2) is 46.3 Å². The van der Waals surface area contributed by atoms with Crippen LogP contribution in [0.5, 0.6) is 0 Å². The number of ether oxygens (including phenoxy) is 1. The molecule has 2 aromatic heterocycles. The lowest BCUT2D eigenvalue weighted by molar-refractivity contribution is -0.107. The molecule has 0 spiro atoms. The first-order valence-electron chi connectivity index (χ1n) is 8.31. The number of rotatable bonds is 7. The Morgan fingerprint density at radius 2 is 2.18 bits per heavy atom. The van der Waals surface area contributed by atoms with Crippen LogP contribution in [0.1, 0.15) is 15.9 Å². The normalized spacial score (nSPS) is 10.4. The van der Waals surface area contributed by atoms with Gasteiger partial charge in [-0.3, -0.25) is 9.69 Å². The summed E-state index contributed by atoms with van der Waals surface area (Å²) in [7, 11) is 2.97. The molecule has 10 heteroatoms. The van der Waals surface area contributed by atoms with Crippen LogP contribution in [0, 0.1) is 0 Å². The van der Waals surface area contributed by atoms with Crippen LogP contribution in [-0.2, 0) is 16.1 Å². The van der Waals surface area contributed by atoms with Gasteiger partial charge in [-0.25, -0.2) is 9.48 Å². The van der Waals surface area contributed by atoms with Gasteiger partial charge in [-0.05, 0) is 23.8 Å². The Labute approximate surface area is 161 Å². The van der Waals surface area contributed by atoms with Gasteiger partial charge in [-0.2, -0.15) is 15.1 Å². The van der Waals surface area contributed by atoms with E-state index in [2.05, 4.69) is 20.4 Å². The van der Waals surface area contributed by atoms with E-state index in [4.69, 9.17) is 10.5 Å².